The number of sulfonamides is 1. The van der Waals surface area contributed by atoms with Crippen LogP contribution >= 0.6 is 0 Å². The standard InChI is InChI=1S/C22H23NO5S2/c1-16-14-18(11-10-17-6-2-3-7-17)12-13-19(16)20(24)15-29(25,26)21-8-4-5-9-22(21)30(23,27)28/h4-5,8-9,12-14,17H,2-3,6-7,15H2,1H3,(H2,23,27,28). The third-order valence-corrected chi connectivity index (χ3v) is 7.88. The highest BCUT2D eigenvalue weighted by Crippen LogP contribution is 2.24. The van der Waals surface area contributed by atoms with Crippen LogP contribution in [0.4, 0.5) is 0 Å². The molecule has 8 heteroatoms. The van der Waals surface area contributed by atoms with Gasteiger partial charge in [0, 0.05) is 17.0 Å². The summed E-state index contributed by atoms with van der Waals surface area (Å²) in [5.74, 6) is 5.33. The zero-order valence-corrected chi connectivity index (χ0v) is 18.2. The fourth-order valence-electron chi connectivity index (χ4n) is 3.58. The Balaban J connectivity index is 1.84. The van der Waals surface area contributed by atoms with Gasteiger partial charge in [0.25, 0.3) is 0 Å². The van der Waals surface area contributed by atoms with Crippen LogP contribution in [0.1, 0.15) is 47.2 Å². The minimum absolute atomic E-state index is 0.262. The Labute approximate surface area is 177 Å². The van der Waals surface area contributed by atoms with Crippen molar-refractivity contribution in [2.75, 3.05) is 5.75 Å². The van der Waals surface area contributed by atoms with Gasteiger partial charge in [-0.05, 0) is 55.7 Å². The molecule has 1 aliphatic rings. The smallest absolute Gasteiger partial charge is 0.239 e. The summed E-state index contributed by atoms with van der Waals surface area (Å²) in [7, 11) is -8.46. The van der Waals surface area contributed by atoms with Gasteiger partial charge in [-0.15, -0.1) is 0 Å². The number of Topliss-reactive ketones (excluding diaryl/α,β-unsaturated/α-hetero) is 1. The lowest BCUT2D eigenvalue weighted by Gasteiger charge is -2.10. The molecule has 1 aliphatic carbocycles. The number of ketones is 1. The SMILES string of the molecule is Cc1cc(C#CC2CCCC2)ccc1C(=O)CS(=O)(=O)c1ccccc1S(N)(=O)=O. The van der Waals surface area contributed by atoms with Gasteiger partial charge in [0.1, 0.15) is 10.6 Å². The summed E-state index contributed by atoms with van der Waals surface area (Å²) in [6.45, 7) is 1.72. The minimum Gasteiger partial charge on any atom is -0.293 e. The molecule has 2 aromatic rings. The highest BCUT2D eigenvalue weighted by atomic mass is 32.2. The maximum absolute atomic E-state index is 12.7. The van der Waals surface area contributed by atoms with E-state index in [9.17, 15) is 21.6 Å². The van der Waals surface area contributed by atoms with E-state index in [4.69, 9.17) is 5.14 Å². The lowest BCUT2D eigenvalue weighted by Crippen LogP contribution is -2.21. The molecule has 0 heterocycles. The quantitative estimate of drug-likeness (QED) is 0.562. The van der Waals surface area contributed by atoms with Gasteiger partial charge in [-0.1, -0.05) is 36.8 Å². The number of rotatable bonds is 5. The second kappa shape index (κ2) is 8.72. The monoisotopic (exact) mass is 445 g/mol. The van der Waals surface area contributed by atoms with Crippen LogP contribution in [0.5, 0.6) is 0 Å². The predicted octanol–water partition coefficient (Wildman–Crippen LogP) is 2.84. The molecule has 6 nitrogen and oxygen atoms in total. The van der Waals surface area contributed by atoms with Crippen molar-refractivity contribution in [1.29, 1.82) is 0 Å². The molecular weight excluding hydrogens is 422 g/mol. The Kier molecular flexibility index (Phi) is 6.46. The fraction of sp³-hybridized carbons (Fsp3) is 0.318. The average Bonchev–Trinajstić information content (AvgIpc) is 3.19. The van der Waals surface area contributed by atoms with Crippen molar-refractivity contribution in [1.82, 2.24) is 0 Å². The highest BCUT2D eigenvalue weighted by Gasteiger charge is 2.27. The molecule has 158 valence electrons. The summed E-state index contributed by atoms with van der Waals surface area (Å²) < 4.78 is 48.9. The van der Waals surface area contributed by atoms with E-state index < -0.39 is 41.2 Å². The number of aryl methyl sites for hydroxylation is 1. The molecule has 0 atom stereocenters. The Hall–Kier alpha value is -2.47. The van der Waals surface area contributed by atoms with Gasteiger partial charge < -0.3 is 0 Å². The van der Waals surface area contributed by atoms with E-state index in [0.29, 0.717) is 11.5 Å². The van der Waals surface area contributed by atoms with Crippen LogP contribution in [0.2, 0.25) is 0 Å². The van der Waals surface area contributed by atoms with Crippen molar-refractivity contribution in [3.63, 3.8) is 0 Å². The van der Waals surface area contributed by atoms with E-state index >= 15 is 0 Å². The molecule has 1 fully saturated rings. The molecule has 0 saturated heterocycles. The number of carbonyl (C=O) groups excluding carboxylic acids is 1. The Morgan fingerprint density at radius 2 is 1.67 bits per heavy atom. The Morgan fingerprint density at radius 3 is 2.27 bits per heavy atom. The largest absolute Gasteiger partial charge is 0.293 e. The van der Waals surface area contributed by atoms with E-state index in [1.165, 1.54) is 25.0 Å². The second-order valence-electron chi connectivity index (χ2n) is 7.45. The summed E-state index contributed by atoms with van der Waals surface area (Å²) in [5.41, 5.74) is 1.66. The first-order valence-corrected chi connectivity index (χ1v) is 12.8. The molecule has 0 radical (unpaired) electrons. The third kappa shape index (κ3) is 5.17. The molecule has 0 aromatic heterocycles. The molecule has 2 N–H and O–H groups in total. The number of benzene rings is 2. The summed E-state index contributed by atoms with van der Waals surface area (Å²) >= 11 is 0. The van der Waals surface area contributed by atoms with E-state index in [2.05, 4.69) is 11.8 Å². The topological polar surface area (TPSA) is 111 Å². The van der Waals surface area contributed by atoms with Crippen LogP contribution in [-0.4, -0.2) is 28.4 Å². The summed E-state index contributed by atoms with van der Waals surface area (Å²) in [4.78, 5) is 11.7. The van der Waals surface area contributed by atoms with Crippen molar-refractivity contribution < 1.29 is 21.6 Å². The van der Waals surface area contributed by atoms with Crippen molar-refractivity contribution >= 4 is 25.6 Å². The lowest BCUT2D eigenvalue weighted by molar-refractivity contribution is 0.102. The van der Waals surface area contributed by atoms with E-state index in [-0.39, 0.29) is 5.56 Å². The molecule has 3 rings (SSSR count). The maximum Gasteiger partial charge on any atom is 0.239 e. The third-order valence-electron chi connectivity index (χ3n) is 5.11. The van der Waals surface area contributed by atoms with Gasteiger partial charge in [0.05, 0.1) is 4.90 Å². The molecule has 0 spiro atoms. The fourth-order valence-corrected chi connectivity index (χ4v) is 6.24. The lowest BCUT2D eigenvalue weighted by atomic mass is 10.0. The van der Waals surface area contributed by atoms with Crippen LogP contribution in [0.3, 0.4) is 0 Å². The van der Waals surface area contributed by atoms with Crippen molar-refractivity contribution in [2.24, 2.45) is 11.1 Å². The van der Waals surface area contributed by atoms with Crippen LogP contribution in [-0.2, 0) is 19.9 Å². The Bertz CT molecular complexity index is 1250. The van der Waals surface area contributed by atoms with Gasteiger partial charge in [-0.2, -0.15) is 0 Å². The van der Waals surface area contributed by atoms with Gasteiger partial charge >= 0.3 is 0 Å². The number of nitrogens with two attached hydrogens (primary N) is 1. The second-order valence-corrected chi connectivity index (χ2v) is 10.9. The van der Waals surface area contributed by atoms with Gasteiger partial charge in [0.15, 0.2) is 15.6 Å². The summed E-state index contributed by atoms with van der Waals surface area (Å²) in [6.07, 6.45) is 4.63. The normalized spacial score (nSPS) is 14.9. The maximum atomic E-state index is 12.7. The zero-order valence-electron chi connectivity index (χ0n) is 16.6. The van der Waals surface area contributed by atoms with Gasteiger partial charge in [0.2, 0.25) is 10.0 Å². The number of primary sulfonamides is 1. The zero-order chi connectivity index (χ0) is 21.9. The van der Waals surface area contributed by atoms with Gasteiger partial charge in [-0.3, -0.25) is 4.79 Å². The number of carbonyl (C=O) groups is 1. The van der Waals surface area contributed by atoms with E-state index in [0.717, 1.165) is 30.5 Å². The van der Waals surface area contributed by atoms with Crippen LogP contribution in [0.25, 0.3) is 0 Å². The molecule has 0 amide bonds. The first-order valence-electron chi connectivity index (χ1n) is 9.58. The molecular formula is C22H23NO5S2. The molecule has 0 aliphatic heterocycles. The molecule has 1 saturated carbocycles. The number of sulfone groups is 1. The van der Waals surface area contributed by atoms with Gasteiger partial charge in [-0.25, -0.2) is 22.0 Å². The number of hydrogen-bond acceptors (Lipinski definition) is 5. The molecule has 0 unspecified atom stereocenters. The molecule has 0 bridgehead atoms. The van der Waals surface area contributed by atoms with Crippen molar-refractivity contribution in [3.05, 3.63) is 59.2 Å². The number of hydrogen-bond donors (Lipinski definition) is 1. The van der Waals surface area contributed by atoms with Crippen molar-refractivity contribution in [3.8, 4) is 11.8 Å². The first-order chi connectivity index (χ1) is 14.1. The predicted molar refractivity (Wildman–Crippen MR) is 114 cm³/mol. The summed E-state index contributed by atoms with van der Waals surface area (Å²) in [6, 6.07) is 10.0. The first kappa shape index (κ1) is 22.2. The van der Waals surface area contributed by atoms with E-state index in [1.54, 1.807) is 25.1 Å². The molecule has 2 aromatic carbocycles. The van der Waals surface area contributed by atoms with Crippen molar-refractivity contribution in [2.45, 2.75) is 42.4 Å². The van der Waals surface area contributed by atoms with Crippen LogP contribution in [0.15, 0.2) is 52.3 Å². The minimum atomic E-state index is -4.25. The van der Waals surface area contributed by atoms with E-state index in [1.807, 2.05) is 0 Å². The Morgan fingerprint density at radius 1 is 1.03 bits per heavy atom. The van der Waals surface area contributed by atoms with Crippen LogP contribution < -0.4 is 5.14 Å². The average molecular weight is 446 g/mol. The van der Waals surface area contributed by atoms with Crippen LogP contribution in [0, 0.1) is 24.7 Å². The highest BCUT2D eigenvalue weighted by molar-refractivity contribution is 7.94. The molecule has 30 heavy (non-hydrogen) atoms. The summed E-state index contributed by atoms with van der Waals surface area (Å²) in [5, 5.41) is 5.12.